The van der Waals surface area contributed by atoms with Gasteiger partial charge in [-0.05, 0) is 38.1 Å². The van der Waals surface area contributed by atoms with E-state index in [2.05, 4.69) is 28.6 Å². The van der Waals surface area contributed by atoms with Crippen molar-refractivity contribution in [1.29, 1.82) is 0 Å². The van der Waals surface area contributed by atoms with Gasteiger partial charge in [0, 0.05) is 37.3 Å². The van der Waals surface area contributed by atoms with Crippen molar-refractivity contribution in [2.24, 2.45) is 0 Å². The summed E-state index contributed by atoms with van der Waals surface area (Å²) in [6.07, 6.45) is 3.84. The molecule has 2 aliphatic rings. The van der Waals surface area contributed by atoms with Gasteiger partial charge in [0.2, 0.25) is 0 Å². The van der Waals surface area contributed by atoms with Crippen LogP contribution in [0.2, 0.25) is 0 Å². The van der Waals surface area contributed by atoms with Crippen LogP contribution in [0.5, 0.6) is 0 Å². The van der Waals surface area contributed by atoms with Crippen LogP contribution >= 0.6 is 0 Å². The highest BCUT2D eigenvalue weighted by Gasteiger charge is 2.44. The van der Waals surface area contributed by atoms with Crippen LogP contribution < -0.4 is 0 Å². The summed E-state index contributed by atoms with van der Waals surface area (Å²) in [4.78, 5) is 22.1. The molecule has 0 aliphatic carbocycles. The number of nitrogens with zero attached hydrogens (tertiary/aromatic N) is 4. The van der Waals surface area contributed by atoms with Crippen molar-refractivity contribution in [2.45, 2.75) is 24.9 Å². The second-order valence-corrected chi connectivity index (χ2v) is 8.51. The zero-order chi connectivity index (χ0) is 20.7. The first kappa shape index (κ1) is 19.0. The maximum atomic E-state index is 13.7. The van der Waals surface area contributed by atoms with Gasteiger partial charge in [-0.15, -0.1) is 0 Å². The van der Waals surface area contributed by atoms with Crippen molar-refractivity contribution >= 4 is 5.91 Å². The van der Waals surface area contributed by atoms with E-state index < -0.39 is 0 Å². The van der Waals surface area contributed by atoms with Crippen LogP contribution in [-0.2, 0) is 12.1 Å². The van der Waals surface area contributed by atoms with Crippen molar-refractivity contribution in [3.63, 3.8) is 0 Å². The van der Waals surface area contributed by atoms with Crippen molar-refractivity contribution in [3.05, 3.63) is 78.0 Å². The minimum Gasteiger partial charge on any atom is -0.336 e. The number of hydrogen-bond acceptors (Lipinski definition) is 3. The zero-order valence-electron chi connectivity index (χ0n) is 17.1. The molecule has 0 radical (unpaired) electrons. The monoisotopic (exact) mass is 404 g/mol. The summed E-state index contributed by atoms with van der Waals surface area (Å²) in [6.45, 7) is 2.97. The first-order chi connectivity index (χ1) is 14.6. The van der Waals surface area contributed by atoms with Gasteiger partial charge in [-0.1, -0.05) is 36.4 Å². The third kappa shape index (κ3) is 3.21. The van der Waals surface area contributed by atoms with E-state index in [0.29, 0.717) is 18.7 Å². The Labute approximate surface area is 175 Å². The Morgan fingerprint density at radius 2 is 1.93 bits per heavy atom. The number of carbonyl (C=O) groups excluding carboxylic acids is 1. The number of likely N-dealkylation sites (N-methyl/N-ethyl adjacent to an activating group) is 1. The number of benzene rings is 2. The molecular formula is C24H25FN4O. The van der Waals surface area contributed by atoms with E-state index in [1.807, 2.05) is 29.4 Å². The molecule has 6 heteroatoms. The van der Waals surface area contributed by atoms with Crippen molar-refractivity contribution in [1.82, 2.24) is 19.4 Å². The molecule has 5 rings (SSSR count). The van der Waals surface area contributed by atoms with Gasteiger partial charge in [0.15, 0.2) is 0 Å². The molecule has 3 aromatic rings. The molecule has 5 nitrogen and oxygen atoms in total. The van der Waals surface area contributed by atoms with Gasteiger partial charge >= 0.3 is 0 Å². The number of carbonyl (C=O) groups is 1. The summed E-state index contributed by atoms with van der Waals surface area (Å²) in [5.74, 6) is -0.485. The molecule has 30 heavy (non-hydrogen) atoms. The molecule has 0 N–H and O–H groups in total. The van der Waals surface area contributed by atoms with Crippen LogP contribution in [0.25, 0.3) is 11.3 Å². The van der Waals surface area contributed by atoms with E-state index >= 15 is 0 Å². The van der Waals surface area contributed by atoms with Gasteiger partial charge in [-0.25, -0.2) is 9.37 Å². The number of hydrogen-bond donors (Lipinski definition) is 0. The molecule has 1 atom stereocenters. The SMILES string of the molecule is CN1Cc2c(-c3ccccc3)ncn2[C@]2(CCCN(C(=O)c3cccc(F)c3)C2)C1. The first-order valence-electron chi connectivity index (χ1n) is 10.4. The third-order valence-electron chi connectivity index (χ3n) is 6.32. The smallest absolute Gasteiger partial charge is 0.254 e. The molecule has 1 spiro atoms. The summed E-state index contributed by atoms with van der Waals surface area (Å²) in [5, 5.41) is 0. The van der Waals surface area contributed by atoms with E-state index in [0.717, 1.165) is 37.2 Å². The molecule has 1 aromatic heterocycles. The third-order valence-corrected chi connectivity index (χ3v) is 6.32. The van der Waals surface area contributed by atoms with Crippen molar-refractivity contribution < 1.29 is 9.18 Å². The largest absolute Gasteiger partial charge is 0.336 e. The number of amides is 1. The molecule has 1 fully saturated rings. The van der Waals surface area contributed by atoms with Crippen LogP contribution in [0.3, 0.4) is 0 Å². The van der Waals surface area contributed by atoms with Crippen LogP contribution in [0.4, 0.5) is 4.39 Å². The Morgan fingerprint density at radius 1 is 1.10 bits per heavy atom. The minimum absolute atomic E-state index is 0.105. The van der Waals surface area contributed by atoms with Gasteiger partial charge < -0.3 is 9.47 Å². The Bertz CT molecular complexity index is 1080. The molecule has 2 aromatic carbocycles. The maximum absolute atomic E-state index is 13.7. The summed E-state index contributed by atoms with van der Waals surface area (Å²) in [6, 6.07) is 16.2. The summed E-state index contributed by atoms with van der Waals surface area (Å²) in [5.41, 5.74) is 3.50. The Morgan fingerprint density at radius 3 is 2.73 bits per heavy atom. The standard InChI is InChI=1S/C24H25FN4O/c1-27-14-21-22(18-7-3-2-4-8-18)26-17-29(21)24(15-27)11-6-12-28(16-24)23(30)19-9-5-10-20(25)13-19/h2-5,7-10,13,17H,6,11-12,14-16H2,1H3/t24-/m1/s1. The number of aromatic nitrogens is 2. The van der Waals surface area contributed by atoms with Crippen LogP contribution in [0.15, 0.2) is 60.9 Å². The van der Waals surface area contributed by atoms with Gasteiger partial charge in [-0.2, -0.15) is 0 Å². The van der Waals surface area contributed by atoms with E-state index in [1.165, 1.54) is 17.8 Å². The fourth-order valence-electron chi connectivity index (χ4n) is 5.08. The molecule has 0 unspecified atom stereocenters. The second kappa shape index (κ2) is 7.36. The maximum Gasteiger partial charge on any atom is 0.254 e. The lowest BCUT2D eigenvalue weighted by Gasteiger charge is -2.49. The predicted molar refractivity (Wildman–Crippen MR) is 114 cm³/mol. The lowest BCUT2D eigenvalue weighted by Crippen LogP contribution is -2.58. The van der Waals surface area contributed by atoms with Crippen LogP contribution in [0.1, 0.15) is 28.9 Å². The lowest BCUT2D eigenvalue weighted by atomic mass is 9.85. The Hall–Kier alpha value is -2.99. The summed E-state index contributed by atoms with van der Waals surface area (Å²) >= 11 is 0. The van der Waals surface area contributed by atoms with E-state index in [1.54, 1.807) is 12.1 Å². The zero-order valence-corrected chi connectivity index (χ0v) is 17.1. The van der Waals surface area contributed by atoms with Gasteiger partial charge in [-0.3, -0.25) is 9.69 Å². The average Bonchev–Trinajstić information content (AvgIpc) is 3.18. The molecule has 0 saturated carbocycles. The molecule has 154 valence electrons. The fourth-order valence-corrected chi connectivity index (χ4v) is 5.08. The number of likely N-dealkylation sites (tertiary alicyclic amines) is 1. The van der Waals surface area contributed by atoms with Crippen molar-refractivity contribution in [3.8, 4) is 11.3 Å². The predicted octanol–water partition coefficient (Wildman–Crippen LogP) is 3.77. The highest BCUT2D eigenvalue weighted by Crippen LogP contribution is 2.38. The highest BCUT2D eigenvalue weighted by molar-refractivity contribution is 5.94. The number of imidazole rings is 1. The van der Waals surface area contributed by atoms with Gasteiger partial charge in [0.05, 0.1) is 23.3 Å². The first-order valence-corrected chi connectivity index (χ1v) is 10.4. The van der Waals surface area contributed by atoms with Crippen molar-refractivity contribution in [2.75, 3.05) is 26.7 Å². The molecule has 1 saturated heterocycles. The average molecular weight is 404 g/mol. The molecule has 1 amide bonds. The van der Waals surface area contributed by atoms with E-state index in [9.17, 15) is 9.18 Å². The molecular weight excluding hydrogens is 379 g/mol. The number of fused-ring (bicyclic) bond motifs is 2. The van der Waals surface area contributed by atoms with E-state index in [-0.39, 0.29) is 17.3 Å². The quantitative estimate of drug-likeness (QED) is 0.653. The van der Waals surface area contributed by atoms with Gasteiger partial charge in [0.1, 0.15) is 5.82 Å². The molecule has 0 bridgehead atoms. The molecule has 3 heterocycles. The normalized spacial score (nSPS) is 21.6. The van der Waals surface area contributed by atoms with E-state index in [4.69, 9.17) is 4.98 Å². The highest BCUT2D eigenvalue weighted by atomic mass is 19.1. The summed E-state index contributed by atoms with van der Waals surface area (Å²) in [7, 11) is 2.13. The van der Waals surface area contributed by atoms with Gasteiger partial charge in [0.25, 0.3) is 5.91 Å². The number of halogens is 1. The Balaban J connectivity index is 1.50. The fraction of sp³-hybridized carbons (Fsp3) is 0.333. The Kier molecular flexibility index (Phi) is 4.66. The minimum atomic E-state index is -0.380. The number of rotatable bonds is 2. The van der Waals surface area contributed by atoms with Crippen LogP contribution in [-0.4, -0.2) is 51.9 Å². The van der Waals surface area contributed by atoms with Crippen LogP contribution in [0, 0.1) is 5.82 Å². The summed E-state index contributed by atoms with van der Waals surface area (Å²) < 4.78 is 16.0. The number of piperidine rings is 1. The molecule has 2 aliphatic heterocycles. The second-order valence-electron chi connectivity index (χ2n) is 8.51. The topological polar surface area (TPSA) is 41.4 Å². The lowest BCUT2D eigenvalue weighted by molar-refractivity contribution is 0.0324.